The van der Waals surface area contributed by atoms with Crippen LogP contribution in [0.2, 0.25) is 0 Å². The summed E-state index contributed by atoms with van der Waals surface area (Å²) in [7, 11) is 0. The summed E-state index contributed by atoms with van der Waals surface area (Å²) in [6.45, 7) is 4.13. The molecule has 33 heavy (non-hydrogen) atoms. The Labute approximate surface area is 192 Å². The molecule has 0 saturated carbocycles. The van der Waals surface area contributed by atoms with Gasteiger partial charge in [-0.25, -0.2) is 9.78 Å². The summed E-state index contributed by atoms with van der Waals surface area (Å²) in [4.78, 5) is 20.8. The van der Waals surface area contributed by atoms with E-state index < -0.39 is 11.7 Å². The molecule has 2 aliphatic heterocycles. The van der Waals surface area contributed by atoms with Gasteiger partial charge in [-0.15, -0.1) is 0 Å². The fraction of sp³-hybridized carbons (Fsp3) is 0.500. The predicted octanol–water partition coefficient (Wildman–Crippen LogP) is 4.03. The lowest BCUT2D eigenvalue weighted by Crippen LogP contribution is -2.52. The number of nitrogens with one attached hydrogen (secondary N) is 2. The SMILES string of the molecule is O=C(NC1CCN(Cc2ccccc2)CC1)NC1CCN(c2ccc(C(F)(F)F)cn2)CC1. The number of piperidine rings is 2. The fourth-order valence-corrected chi connectivity index (χ4v) is 4.48. The second-order valence-electron chi connectivity index (χ2n) is 8.82. The van der Waals surface area contributed by atoms with Crippen molar-refractivity contribution in [3.8, 4) is 0 Å². The molecule has 0 bridgehead atoms. The summed E-state index contributed by atoms with van der Waals surface area (Å²) >= 11 is 0. The second-order valence-corrected chi connectivity index (χ2v) is 8.82. The molecule has 178 valence electrons. The van der Waals surface area contributed by atoms with E-state index in [9.17, 15) is 18.0 Å². The molecule has 0 radical (unpaired) electrons. The maximum absolute atomic E-state index is 12.7. The molecule has 2 N–H and O–H groups in total. The number of benzene rings is 1. The Morgan fingerprint density at radius 1 is 0.909 bits per heavy atom. The molecule has 2 fully saturated rings. The van der Waals surface area contributed by atoms with Crippen LogP contribution in [0.15, 0.2) is 48.7 Å². The topological polar surface area (TPSA) is 60.5 Å². The number of carbonyl (C=O) groups is 1. The summed E-state index contributed by atoms with van der Waals surface area (Å²) < 4.78 is 38.1. The second kappa shape index (κ2) is 10.4. The van der Waals surface area contributed by atoms with Gasteiger partial charge in [0.05, 0.1) is 5.56 Å². The summed E-state index contributed by atoms with van der Waals surface area (Å²) in [5.74, 6) is 0.535. The average Bonchev–Trinajstić information content (AvgIpc) is 2.81. The number of carbonyl (C=O) groups excluding carboxylic acids is 1. The van der Waals surface area contributed by atoms with E-state index in [1.807, 2.05) is 11.0 Å². The molecule has 4 rings (SSSR count). The van der Waals surface area contributed by atoms with Gasteiger partial charge in [0.15, 0.2) is 0 Å². The quantitative estimate of drug-likeness (QED) is 0.706. The third-order valence-electron chi connectivity index (χ3n) is 6.40. The van der Waals surface area contributed by atoms with Crippen LogP contribution in [0.5, 0.6) is 0 Å². The smallest absolute Gasteiger partial charge is 0.356 e. The van der Waals surface area contributed by atoms with E-state index in [0.29, 0.717) is 18.9 Å². The number of aromatic nitrogens is 1. The van der Waals surface area contributed by atoms with Crippen molar-refractivity contribution < 1.29 is 18.0 Å². The normalized spacial score (nSPS) is 18.8. The number of hydrogen-bond donors (Lipinski definition) is 2. The van der Waals surface area contributed by atoms with Gasteiger partial charge in [-0.1, -0.05) is 30.3 Å². The molecular weight excluding hydrogens is 431 g/mol. The first kappa shape index (κ1) is 23.4. The van der Waals surface area contributed by atoms with Crippen molar-refractivity contribution in [1.29, 1.82) is 0 Å². The third-order valence-corrected chi connectivity index (χ3v) is 6.40. The number of likely N-dealkylation sites (tertiary alicyclic amines) is 1. The van der Waals surface area contributed by atoms with E-state index in [1.54, 1.807) is 0 Å². The molecule has 0 unspecified atom stereocenters. The van der Waals surface area contributed by atoms with E-state index in [1.165, 1.54) is 11.6 Å². The monoisotopic (exact) mass is 461 g/mol. The maximum atomic E-state index is 12.7. The number of pyridine rings is 1. The number of amides is 2. The molecule has 1 aromatic heterocycles. The zero-order valence-corrected chi connectivity index (χ0v) is 18.5. The Kier molecular flexibility index (Phi) is 7.37. The van der Waals surface area contributed by atoms with Gasteiger partial charge in [0.25, 0.3) is 0 Å². The molecule has 2 aliphatic rings. The van der Waals surface area contributed by atoms with E-state index in [-0.39, 0.29) is 18.1 Å². The van der Waals surface area contributed by atoms with Crippen molar-refractivity contribution in [2.75, 3.05) is 31.1 Å². The zero-order chi connectivity index (χ0) is 23.3. The van der Waals surface area contributed by atoms with Gasteiger partial charge in [-0.05, 0) is 43.4 Å². The van der Waals surface area contributed by atoms with E-state index in [2.05, 4.69) is 44.8 Å². The standard InChI is InChI=1S/C24H30F3N5O/c25-24(26,27)19-6-7-22(28-16-19)32-14-10-21(11-15-32)30-23(33)29-20-8-12-31(13-9-20)17-18-4-2-1-3-5-18/h1-7,16,20-21H,8-15,17H2,(H2,29,30,33). The Morgan fingerprint density at radius 3 is 2.06 bits per heavy atom. The highest BCUT2D eigenvalue weighted by Gasteiger charge is 2.31. The molecule has 0 aliphatic carbocycles. The summed E-state index contributed by atoms with van der Waals surface area (Å²) in [5.41, 5.74) is 0.560. The summed E-state index contributed by atoms with van der Waals surface area (Å²) in [6, 6.07) is 13.0. The number of halogens is 3. The van der Waals surface area contributed by atoms with E-state index >= 15 is 0 Å². The number of alkyl halides is 3. The molecule has 6 nitrogen and oxygen atoms in total. The number of anilines is 1. The van der Waals surface area contributed by atoms with Crippen molar-refractivity contribution in [2.45, 2.75) is 50.5 Å². The predicted molar refractivity (Wildman–Crippen MR) is 121 cm³/mol. The lowest BCUT2D eigenvalue weighted by Gasteiger charge is -2.35. The Morgan fingerprint density at radius 2 is 1.52 bits per heavy atom. The molecule has 0 spiro atoms. The highest BCUT2D eigenvalue weighted by Crippen LogP contribution is 2.29. The van der Waals surface area contributed by atoms with Crippen LogP contribution in [0.3, 0.4) is 0 Å². The van der Waals surface area contributed by atoms with Crippen LogP contribution >= 0.6 is 0 Å². The number of hydrogen-bond acceptors (Lipinski definition) is 4. The van der Waals surface area contributed by atoms with Crippen molar-refractivity contribution >= 4 is 11.8 Å². The van der Waals surface area contributed by atoms with Gasteiger partial charge in [0.2, 0.25) is 0 Å². The van der Waals surface area contributed by atoms with E-state index in [4.69, 9.17) is 0 Å². The number of rotatable bonds is 5. The van der Waals surface area contributed by atoms with Crippen molar-refractivity contribution in [3.05, 3.63) is 59.8 Å². The number of nitrogens with zero attached hydrogens (tertiary/aromatic N) is 3. The van der Waals surface area contributed by atoms with Gasteiger partial charge in [0.1, 0.15) is 5.82 Å². The first-order valence-corrected chi connectivity index (χ1v) is 11.5. The number of urea groups is 1. The third kappa shape index (κ3) is 6.60. The van der Waals surface area contributed by atoms with Crippen molar-refractivity contribution in [3.63, 3.8) is 0 Å². The van der Waals surface area contributed by atoms with Crippen LogP contribution in [0, 0.1) is 0 Å². The van der Waals surface area contributed by atoms with Gasteiger partial charge < -0.3 is 15.5 Å². The first-order chi connectivity index (χ1) is 15.9. The summed E-state index contributed by atoms with van der Waals surface area (Å²) in [6.07, 6.45) is -0.194. The van der Waals surface area contributed by atoms with Crippen molar-refractivity contribution in [2.24, 2.45) is 0 Å². The largest absolute Gasteiger partial charge is 0.417 e. The molecular formula is C24H30F3N5O. The zero-order valence-electron chi connectivity index (χ0n) is 18.5. The molecule has 3 heterocycles. The Hall–Kier alpha value is -2.81. The van der Waals surface area contributed by atoms with Crippen LogP contribution in [0.25, 0.3) is 0 Å². The van der Waals surface area contributed by atoms with Crippen LogP contribution < -0.4 is 15.5 Å². The fourth-order valence-electron chi connectivity index (χ4n) is 4.48. The van der Waals surface area contributed by atoms with Gasteiger partial charge >= 0.3 is 12.2 Å². The molecule has 2 aromatic rings. The maximum Gasteiger partial charge on any atom is 0.417 e. The minimum Gasteiger partial charge on any atom is -0.356 e. The Balaban J connectivity index is 1.16. The molecule has 2 saturated heterocycles. The molecule has 2 amide bonds. The highest BCUT2D eigenvalue weighted by molar-refractivity contribution is 5.74. The van der Waals surface area contributed by atoms with Gasteiger partial charge in [0, 0.05) is 51.0 Å². The first-order valence-electron chi connectivity index (χ1n) is 11.5. The summed E-state index contributed by atoms with van der Waals surface area (Å²) in [5, 5.41) is 6.16. The van der Waals surface area contributed by atoms with Crippen LogP contribution in [0.1, 0.15) is 36.8 Å². The van der Waals surface area contributed by atoms with Crippen molar-refractivity contribution in [1.82, 2.24) is 20.5 Å². The van der Waals surface area contributed by atoms with Gasteiger partial charge in [-0.3, -0.25) is 4.90 Å². The van der Waals surface area contributed by atoms with Crippen LogP contribution in [0.4, 0.5) is 23.8 Å². The minimum absolute atomic E-state index is 0.0499. The van der Waals surface area contributed by atoms with Crippen LogP contribution in [-0.2, 0) is 12.7 Å². The van der Waals surface area contributed by atoms with Gasteiger partial charge in [-0.2, -0.15) is 13.2 Å². The average molecular weight is 462 g/mol. The minimum atomic E-state index is -4.38. The lowest BCUT2D eigenvalue weighted by atomic mass is 10.0. The molecule has 1 aromatic carbocycles. The molecule has 0 atom stereocenters. The highest BCUT2D eigenvalue weighted by atomic mass is 19.4. The molecule has 9 heteroatoms. The van der Waals surface area contributed by atoms with E-state index in [0.717, 1.165) is 57.6 Å². The lowest BCUT2D eigenvalue weighted by molar-refractivity contribution is -0.137. The van der Waals surface area contributed by atoms with Crippen LogP contribution in [-0.4, -0.2) is 54.2 Å². The Bertz CT molecular complexity index is 891.